The van der Waals surface area contributed by atoms with Gasteiger partial charge in [-0.15, -0.1) is 5.10 Å². The highest BCUT2D eigenvalue weighted by molar-refractivity contribution is 5.50. The van der Waals surface area contributed by atoms with Crippen LogP contribution in [0.15, 0.2) is 54.6 Å². The number of aromatic nitrogens is 4. The van der Waals surface area contributed by atoms with Crippen molar-refractivity contribution in [2.75, 3.05) is 26.2 Å². The maximum absolute atomic E-state index is 5.32. The molecule has 0 N–H and O–H groups in total. The number of ether oxygens (including phenoxy) is 3. The molecular formula is C25H29N5O3. The summed E-state index contributed by atoms with van der Waals surface area (Å²) in [6.07, 6.45) is 0. The maximum atomic E-state index is 5.32. The molecule has 4 rings (SSSR count). The van der Waals surface area contributed by atoms with E-state index in [4.69, 9.17) is 19.2 Å². The van der Waals surface area contributed by atoms with Crippen molar-refractivity contribution < 1.29 is 14.2 Å². The first-order valence-electron chi connectivity index (χ1n) is 10.8. The Bertz CT molecular complexity index is 1150. The van der Waals surface area contributed by atoms with Gasteiger partial charge in [-0.2, -0.15) is 9.50 Å². The Hall–Kier alpha value is -3.81. The smallest absolute Gasteiger partial charge is 0.337 e. The van der Waals surface area contributed by atoms with Crippen LogP contribution in [0, 0.1) is 0 Å². The Kier molecular flexibility index (Phi) is 6.63. The van der Waals surface area contributed by atoms with Crippen molar-refractivity contribution in [1.82, 2.24) is 19.6 Å². The Morgan fingerprint density at radius 2 is 1.33 bits per heavy atom. The van der Waals surface area contributed by atoms with Crippen LogP contribution >= 0.6 is 0 Å². The van der Waals surface area contributed by atoms with E-state index in [0.717, 1.165) is 34.1 Å². The molecule has 0 saturated heterocycles. The van der Waals surface area contributed by atoms with E-state index in [-0.39, 0.29) is 5.92 Å². The summed E-state index contributed by atoms with van der Waals surface area (Å²) in [6, 6.07) is 18.6. The van der Waals surface area contributed by atoms with Gasteiger partial charge in [0.2, 0.25) is 0 Å². The molecule has 0 fully saturated rings. The molecular weight excluding hydrogens is 418 g/mol. The highest BCUT2D eigenvalue weighted by atomic mass is 16.5. The Balaban J connectivity index is 1.79. The highest BCUT2D eigenvalue weighted by Gasteiger charge is 2.19. The van der Waals surface area contributed by atoms with Crippen LogP contribution in [0.4, 0.5) is 5.82 Å². The number of rotatable bonds is 9. The molecule has 33 heavy (non-hydrogen) atoms. The molecule has 0 bridgehead atoms. The number of methoxy groups -OCH3 is 3. The van der Waals surface area contributed by atoms with E-state index in [9.17, 15) is 0 Å². The van der Waals surface area contributed by atoms with Crippen molar-refractivity contribution in [2.45, 2.75) is 32.9 Å². The van der Waals surface area contributed by atoms with Crippen LogP contribution in [0.25, 0.3) is 5.78 Å². The molecule has 0 unspecified atom stereocenters. The van der Waals surface area contributed by atoms with Gasteiger partial charge >= 0.3 is 6.01 Å². The zero-order valence-electron chi connectivity index (χ0n) is 19.6. The first kappa shape index (κ1) is 22.4. The molecule has 0 amide bonds. The van der Waals surface area contributed by atoms with Crippen molar-refractivity contribution >= 4 is 11.6 Å². The monoisotopic (exact) mass is 447 g/mol. The molecule has 2 aromatic carbocycles. The van der Waals surface area contributed by atoms with E-state index < -0.39 is 0 Å². The minimum atomic E-state index is 0.236. The van der Waals surface area contributed by atoms with E-state index >= 15 is 0 Å². The van der Waals surface area contributed by atoms with Crippen LogP contribution in [0.2, 0.25) is 0 Å². The second-order valence-electron chi connectivity index (χ2n) is 8.06. The molecule has 0 saturated carbocycles. The van der Waals surface area contributed by atoms with E-state index in [0.29, 0.717) is 24.9 Å². The summed E-state index contributed by atoms with van der Waals surface area (Å²) in [6.45, 7) is 5.56. The zero-order chi connectivity index (χ0) is 23.4. The summed E-state index contributed by atoms with van der Waals surface area (Å²) in [5.41, 5.74) is 3.24. The first-order chi connectivity index (χ1) is 16.0. The van der Waals surface area contributed by atoms with Crippen molar-refractivity contribution in [3.8, 4) is 17.5 Å². The molecule has 8 heteroatoms. The lowest BCUT2D eigenvalue weighted by Gasteiger charge is -2.26. The van der Waals surface area contributed by atoms with Gasteiger partial charge in [0.05, 0.1) is 27.0 Å². The van der Waals surface area contributed by atoms with E-state index in [1.54, 1.807) is 25.8 Å². The van der Waals surface area contributed by atoms with Crippen molar-refractivity contribution in [2.24, 2.45) is 0 Å². The third-order valence-corrected chi connectivity index (χ3v) is 5.46. The van der Waals surface area contributed by atoms with Gasteiger partial charge in [-0.25, -0.2) is 4.98 Å². The molecule has 0 aliphatic carbocycles. The summed E-state index contributed by atoms with van der Waals surface area (Å²) in [4.78, 5) is 11.4. The molecule has 172 valence electrons. The fourth-order valence-corrected chi connectivity index (χ4v) is 3.58. The predicted molar refractivity (Wildman–Crippen MR) is 127 cm³/mol. The quantitative estimate of drug-likeness (QED) is 0.374. The number of benzene rings is 2. The standard InChI is InChI=1S/C25H29N5O3/c1-17(2)22-14-23(30-24(26-22)27-25(28-30)33-5)29(15-18-6-10-20(31-3)11-7-18)16-19-8-12-21(32-4)13-9-19/h6-14,17H,15-16H2,1-5H3. The molecule has 2 aromatic heterocycles. The third kappa shape index (κ3) is 5.00. The SMILES string of the molecule is COc1ccc(CN(Cc2ccc(OC)cc2)c2cc(C(C)C)nc3nc(OC)nn23)cc1. The molecule has 0 spiro atoms. The van der Waals surface area contributed by atoms with Crippen LogP contribution in [-0.4, -0.2) is 40.9 Å². The highest BCUT2D eigenvalue weighted by Crippen LogP contribution is 2.26. The van der Waals surface area contributed by atoms with Gasteiger partial charge in [0, 0.05) is 19.2 Å². The Morgan fingerprint density at radius 3 is 1.79 bits per heavy atom. The lowest BCUT2D eigenvalue weighted by molar-refractivity contribution is 0.380. The van der Waals surface area contributed by atoms with Crippen LogP contribution in [0.5, 0.6) is 17.5 Å². The predicted octanol–water partition coefficient (Wildman–Crippen LogP) is 4.48. The minimum Gasteiger partial charge on any atom is -0.497 e. The minimum absolute atomic E-state index is 0.236. The maximum Gasteiger partial charge on any atom is 0.337 e. The van der Waals surface area contributed by atoms with Gasteiger partial charge in [0.15, 0.2) is 0 Å². The second-order valence-corrected chi connectivity index (χ2v) is 8.06. The van der Waals surface area contributed by atoms with Crippen molar-refractivity contribution in [3.05, 3.63) is 71.4 Å². The number of fused-ring (bicyclic) bond motifs is 1. The fourth-order valence-electron chi connectivity index (χ4n) is 3.58. The van der Waals surface area contributed by atoms with Gasteiger partial charge in [0.25, 0.3) is 5.78 Å². The van der Waals surface area contributed by atoms with Gasteiger partial charge < -0.3 is 19.1 Å². The topological polar surface area (TPSA) is 74.0 Å². The Morgan fingerprint density at radius 1 is 0.788 bits per heavy atom. The van der Waals surface area contributed by atoms with E-state index in [1.807, 2.05) is 24.3 Å². The summed E-state index contributed by atoms with van der Waals surface area (Å²) < 4.78 is 17.7. The number of anilines is 1. The first-order valence-corrected chi connectivity index (χ1v) is 10.8. The van der Waals surface area contributed by atoms with Crippen LogP contribution in [0.1, 0.15) is 36.6 Å². The van der Waals surface area contributed by atoms with Crippen LogP contribution in [0.3, 0.4) is 0 Å². The summed E-state index contributed by atoms with van der Waals surface area (Å²) in [5.74, 6) is 3.30. The molecule has 0 aliphatic rings. The molecule has 0 radical (unpaired) electrons. The van der Waals surface area contributed by atoms with Gasteiger partial charge in [-0.05, 0) is 41.3 Å². The average molecular weight is 448 g/mol. The molecule has 0 aliphatic heterocycles. The summed E-state index contributed by atoms with van der Waals surface area (Å²) in [7, 11) is 4.90. The normalized spacial score (nSPS) is 11.1. The number of nitrogens with zero attached hydrogens (tertiary/aromatic N) is 5. The van der Waals surface area contributed by atoms with Gasteiger partial charge in [-0.1, -0.05) is 38.1 Å². The van der Waals surface area contributed by atoms with Crippen molar-refractivity contribution in [3.63, 3.8) is 0 Å². The summed E-state index contributed by atoms with van der Waals surface area (Å²) >= 11 is 0. The van der Waals surface area contributed by atoms with Crippen LogP contribution < -0.4 is 19.1 Å². The zero-order valence-corrected chi connectivity index (χ0v) is 19.6. The fraction of sp³-hybridized carbons (Fsp3) is 0.320. The van der Waals surface area contributed by atoms with E-state index in [2.05, 4.69) is 59.2 Å². The Labute approximate surface area is 193 Å². The molecule has 0 atom stereocenters. The number of hydrogen-bond donors (Lipinski definition) is 0. The molecule has 4 aromatic rings. The van der Waals surface area contributed by atoms with Crippen molar-refractivity contribution in [1.29, 1.82) is 0 Å². The van der Waals surface area contributed by atoms with Crippen LogP contribution in [-0.2, 0) is 13.1 Å². The third-order valence-electron chi connectivity index (χ3n) is 5.46. The average Bonchev–Trinajstić information content (AvgIpc) is 3.27. The lowest BCUT2D eigenvalue weighted by Crippen LogP contribution is -2.25. The number of hydrogen-bond acceptors (Lipinski definition) is 7. The van der Waals surface area contributed by atoms with E-state index in [1.165, 1.54) is 0 Å². The largest absolute Gasteiger partial charge is 0.497 e. The summed E-state index contributed by atoms with van der Waals surface area (Å²) in [5, 5.41) is 4.53. The molecule has 8 nitrogen and oxygen atoms in total. The molecule has 2 heterocycles. The lowest BCUT2D eigenvalue weighted by atomic mass is 10.1. The van der Waals surface area contributed by atoms with Gasteiger partial charge in [-0.3, -0.25) is 0 Å². The van der Waals surface area contributed by atoms with Gasteiger partial charge in [0.1, 0.15) is 17.3 Å². The second kappa shape index (κ2) is 9.77.